The van der Waals surface area contributed by atoms with E-state index >= 15 is 0 Å². The van der Waals surface area contributed by atoms with Gasteiger partial charge in [-0.1, -0.05) is 0 Å². The highest BCUT2D eigenvalue weighted by Gasteiger charge is 2.06. The first-order valence-electron chi connectivity index (χ1n) is 5.75. The van der Waals surface area contributed by atoms with E-state index in [-0.39, 0.29) is 5.91 Å². The van der Waals surface area contributed by atoms with Gasteiger partial charge in [0.05, 0.1) is 12.8 Å². The topological polar surface area (TPSA) is 45.5 Å². The summed E-state index contributed by atoms with van der Waals surface area (Å²) in [6.45, 7) is 0.633. The van der Waals surface area contributed by atoms with Crippen LogP contribution < -0.4 is 5.32 Å². The van der Waals surface area contributed by atoms with Crippen LogP contribution in [0, 0.1) is 0 Å². The van der Waals surface area contributed by atoms with Gasteiger partial charge in [-0.15, -0.1) is 0 Å². The number of carbonyl (C=O) groups is 1. The minimum atomic E-state index is 0.00702. The van der Waals surface area contributed by atoms with Crippen LogP contribution in [-0.2, 0) is 6.54 Å². The molecule has 94 valence electrons. The highest BCUT2D eigenvalue weighted by atomic mass is 16.3. The highest BCUT2D eigenvalue weighted by molar-refractivity contribution is 5.94. The van der Waals surface area contributed by atoms with Gasteiger partial charge in [0.25, 0.3) is 5.91 Å². The molecule has 1 N–H and O–H groups in total. The zero-order valence-corrected chi connectivity index (χ0v) is 10.5. The van der Waals surface area contributed by atoms with Crippen molar-refractivity contribution >= 4 is 11.6 Å². The summed E-state index contributed by atoms with van der Waals surface area (Å²) in [4.78, 5) is 13.3. The normalized spacial score (nSPS) is 10.1. The van der Waals surface area contributed by atoms with Crippen LogP contribution in [0.3, 0.4) is 0 Å². The number of hydrogen-bond donors (Lipinski definition) is 1. The van der Waals surface area contributed by atoms with Crippen molar-refractivity contribution in [3.05, 3.63) is 54.0 Å². The average molecular weight is 244 g/mol. The lowest BCUT2D eigenvalue weighted by Crippen LogP contribution is -2.21. The molecule has 0 atom stereocenters. The van der Waals surface area contributed by atoms with E-state index in [4.69, 9.17) is 4.42 Å². The third-order valence-electron chi connectivity index (χ3n) is 2.58. The molecule has 18 heavy (non-hydrogen) atoms. The largest absolute Gasteiger partial charge is 0.467 e. The van der Waals surface area contributed by atoms with Gasteiger partial charge in [-0.05, 0) is 36.4 Å². The van der Waals surface area contributed by atoms with Gasteiger partial charge >= 0.3 is 0 Å². The fourth-order valence-electron chi connectivity index (χ4n) is 1.59. The van der Waals surface area contributed by atoms with E-state index in [2.05, 4.69) is 5.32 Å². The Kier molecular flexibility index (Phi) is 3.67. The average Bonchev–Trinajstić information content (AvgIpc) is 2.89. The fraction of sp³-hybridized carbons (Fsp3) is 0.214. The van der Waals surface area contributed by atoms with Crippen molar-refractivity contribution in [1.82, 2.24) is 4.90 Å². The Balaban J connectivity index is 1.97. The van der Waals surface area contributed by atoms with Gasteiger partial charge < -0.3 is 14.6 Å². The Morgan fingerprint density at radius 3 is 2.50 bits per heavy atom. The van der Waals surface area contributed by atoms with Gasteiger partial charge in [0, 0.05) is 25.3 Å². The predicted octanol–water partition coefficient (Wildman–Crippen LogP) is 2.59. The predicted molar refractivity (Wildman–Crippen MR) is 70.5 cm³/mol. The summed E-state index contributed by atoms with van der Waals surface area (Å²) in [5.74, 6) is 0.885. The second-order valence-corrected chi connectivity index (χ2v) is 4.21. The van der Waals surface area contributed by atoms with E-state index in [1.807, 2.05) is 36.4 Å². The third kappa shape index (κ3) is 2.91. The molecule has 0 saturated carbocycles. The number of rotatable bonds is 4. The smallest absolute Gasteiger partial charge is 0.253 e. The lowest BCUT2D eigenvalue weighted by molar-refractivity contribution is 0.0827. The molecule has 0 aliphatic carbocycles. The van der Waals surface area contributed by atoms with Gasteiger partial charge in [0.2, 0.25) is 0 Å². The molecule has 2 aromatic rings. The van der Waals surface area contributed by atoms with Crippen LogP contribution in [0.4, 0.5) is 5.69 Å². The molecule has 1 heterocycles. The first-order valence-corrected chi connectivity index (χ1v) is 5.75. The van der Waals surface area contributed by atoms with Crippen LogP contribution in [0.15, 0.2) is 47.1 Å². The Labute approximate surface area is 106 Å². The summed E-state index contributed by atoms with van der Waals surface area (Å²) in [6, 6.07) is 11.2. The number of anilines is 1. The maximum Gasteiger partial charge on any atom is 0.253 e. The summed E-state index contributed by atoms with van der Waals surface area (Å²) in [7, 11) is 3.48. The highest BCUT2D eigenvalue weighted by Crippen LogP contribution is 2.12. The molecule has 4 heteroatoms. The maximum absolute atomic E-state index is 11.7. The van der Waals surface area contributed by atoms with Crippen LogP contribution in [0.5, 0.6) is 0 Å². The molecule has 1 aromatic heterocycles. The van der Waals surface area contributed by atoms with Crippen LogP contribution in [0.25, 0.3) is 0 Å². The number of hydrogen-bond acceptors (Lipinski definition) is 3. The molecule has 0 saturated heterocycles. The van der Waals surface area contributed by atoms with E-state index in [1.54, 1.807) is 25.3 Å². The van der Waals surface area contributed by atoms with E-state index in [9.17, 15) is 4.79 Å². The molecule has 0 fully saturated rings. The van der Waals surface area contributed by atoms with Crippen molar-refractivity contribution in [2.24, 2.45) is 0 Å². The molecule has 1 aromatic carbocycles. The molecular weight excluding hydrogens is 228 g/mol. The molecule has 0 radical (unpaired) electrons. The van der Waals surface area contributed by atoms with Crippen molar-refractivity contribution in [3.8, 4) is 0 Å². The molecule has 1 amide bonds. The summed E-state index contributed by atoms with van der Waals surface area (Å²) < 4.78 is 5.23. The Bertz CT molecular complexity index is 501. The van der Waals surface area contributed by atoms with Gasteiger partial charge in [-0.3, -0.25) is 4.79 Å². The fourth-order valence-corrected chi connectivity index (χ4v) is 1.59. The van der Waals surface area contributed by atoms with Crippen LogP contribution in [0.2, 0.25) is 0 Å². The summed E-state index contributed by atoms with van der Waals surface area (Å²) in [6.07, 6.45) is 1.65. The molecule has 0 bridgehead atoms. The van der Waals surface area contributed by atoms with Crippen molar-refractivity contribution in [2.75, 3.05) is 19.4 Å². The Morgan fingerprint density at radius 2 is 1.94 bits per heavy atom. The minimum Gasteiger partial charge on any atom is -0.467 e. The standard InChI is InChI=1S/C14H16N2O2/c1-16(2)14(17)11-5-7-12(8-6-11)15-10-13-4-3-9-18-13/h3-9,15H,10H2,1-2H3. The summed E-state index contributed by atoms with van der Waals surface area (Å²) in [5, 5.41) is 3.22. The van der Waals surface area contributed by atoms with E-state index in [0.717, 1.165) is 11.4 Å². The van der Waals surface area contributed by atoms with Gasteiger partial charge in [0.15, 0.2) is 0 Å². The van der Waals surface area contributed by atoms with Crippen molar-refractivity contribution in [3.63, 3.8) is 0 Å². The Morgan fingerprint density at radius 1 is 1.22 bits per heavy atom. The van der Waals surface area contributed by atoms with Gasteiger partial charge in [0.1, 0.15) is 5.76 Å². The monoisotopic (exact) mass is 244 g/mol. The lowest BCUT2D eigenvalue weighted by atomic mass is 10.2. The van der Waals surface area contributed by atoms with Crippen molar-refractivity contribution in [2.45, 2.75) is 6.54 Å². The number of furan rings is 1. The van der Waals surface area contributed by atoms with Crippen molar-refractivity contribution in [1.29, 1.82) is 0 Å². The molecule has 0 aliphatic rings. The summed E-state index contributed by atoms with van der Waals surface area (Å²) >= 11 is 0. The third-order valence-corrected chi connectivity index (χ3v) is 2.58. The maximum atomic E-state index is 11.7. The number of carbonyl (C=O) groups excluding carboxylic acids is 1. The van der Waals surface area contributed by atoms with Gasteiger partial charge in [-0.25, -0.2) is 0 Å². The number of nitrogens with zero attached hydrogens (tertiary/aromatic N) is 1. The van der Waals surface area contributed by atoms with Crippen LogP contribution >= 0.6 is 0 Å². The molecule has 0 aliphatic heterocycles. The molecule has 2 rings (SSSR count). The van der Waals surface area contributed by atoms with Gasteiger partial charge in [-0.2, -0.15) is 0 Å². The zero-order chi connectivity index (χ0) is 13.0. The Hall–Kier alpha value is -2.23. The zero-order valence-electron chi connectivity index (χ0n) is 10.5. The molecule has 0 spiro atoms. The molecular formula is C14H16N2O2. The summed E-state index contributed by atoms with van der Waals surface area (Å²) in [5.41, 5.74) is 1.64. The second kappa shape index (κ2) is 5.40. The van der Waals surface area contributed by atoms with E-state index < -0.39 is 0 Å². The lowest BCUT2D eigenvalue weighted by Gasteiger charge is -2.11. The number of benzene rings is 1. The van der Waals surface area contributed by atoms with Crippen LogP contribution in [-0.4, -0.2) is 24.9 Å². The first kappa shape index (κ1) is 12.2. The second-order valence-electron chi connectivity index (χ2n) is 4.21. The number of amides is 1. The first-order chi connectivity index (χ1) is 8.66. The number of nitrogens with one attached hydrogen (secondary N) is 1. The quantitative estimate of drug-likeness (QED) is 0.899. The van der Waals surface area contributed by atoms with E-state index in [1.165, 1.54) is 0 Å². The molecule has 0 unspecified atom stereocenters. The van der Waals surface area contributed by atoms with E-state index in [0.29, 0.717) is 12.1 Å². The van der Waals surface area contributed by atoms with Crippen molar-refractivity contribution < 1.29 is 9.21 Å². The molecule has 4 nitrogen and oxygen atoms in total. The minimum absolute atomic E-state index is 0.00702. The van der Waals surface area contributed by atoms with Crippen LogP contribution in [0.1, 0.15) is 16.1 Å². The SMILES string of the molecule is CN(C)C(=O)c1ccc(NCc2ccco2)cc1.